The summed E-state index contributed by atoms with van der Waals surface area (Å²) in [6.07, 6.45) is 5.83. The SMILES string of the molecule is C[C@H]1CC2CC(Oc3cc(F)ccc3C(=O)N3CC(N)=C(c4ncc(Cl)cn4)C3)CC1N2C. The predicted octanol–water partition coefficient (Wildman–Crippen LogP) is 3.34. The topological polar surface area (TPSA) is 84.6 Å². The molecule has 0 aliphatic carbocycles. The molecule has 3 aliphatic heterocycles. The van der Waals surface area contributed by atoms with E-state index in [1.807, 2.05) is 0 Å². The Morgan fingerprint density at radius 3 is 2.70 bits per heavy atom. The monoisotopic (exact) mass is 471 g/mol. The second kappa shape index (κ2) is 8.57. The number of fused-ring (bicyclic) bond motifs is 2. The van der Waals surface area contributed by atoms with Crippen molar-refractivity contribution in [2.24, 2.45) is 11.7 Å². The normalized spacial score (nSPS) is 27.3. The Balaban J connectivity index is 1.34. The minimum Gasteiger partial charge on any atom is -0.489 e. The zero-order valence-corrected chi connectivity index (χ0v) is 19.4. The van der Waals surface area contributed by atoms with Crippen molar-refractivity contribution in [2.45, 2.75) is 44.4 Å². The maximum atomic E-state index is 14.1. The van der Waals surface area contributed by atoms with Crippen molar-refractivity contribution in [3.05, 3.63) is 58.5 Å². The molecule has 2 bridgehead atoms. The number of piperidine rings is 1. The van der Waals surface area contributed by atoms with E-state index < -0.39 is 5.82 Å². The third kappa shape index (κ3) is 4.17. The zero-order valence-electron chi connectivity index (χ0n) is 18.7. The third-order valence-corrected chi connectivity index (χ3v) is 7.38. The van der Waals surface area contributed by atoms with Gasteiger partial charge in [-0.15, -0.1) is 0 Å². The number of nitrogens with zero attached hydrogens (tertiary/aromatic N) is 4. The van der Waals surface area contributed by atoms with Crippen LogP contribution in [0.4, 0.5) is 4.39 Å². The first kappa shape index (κ1) is 22.1. The minimum atomic E-state index is -0.430. The van der Waals surface area contributed by atoms with Gasteiger partial charge in [-0.1, -0.05) is 18.5 Å². The quantitative estimate of drug-likeness (QED) is 0.736. The van der Waals surface area contributed by atoms with Crippen LogP contribution in [0.2, 0.25) is 5.02 Å². The van der Waals surface area contributed by atoms with Crippen molar-refractivity contribution in [1.82, 2.24) is 19.8 Å². The number of ether oxygens (including phenoxy) is 1. The fraction of sp³-hybridized carbons (Fsp3) is 0.458. The van der Waals surface area contributed by atoms with Gasteiger partial charge in [-0.05, 0) is 37.9 Å². The van der Waals surface area contributed by atoms with Crippen LogP contribution >= 0.6 is 11.6 Å². The van der Waals surface area contributed by atoms with Gasteiger partial charge in [-0.3, -0.25) is 9.69 Å². The molecule has 0 saturated carbocycles. The maximum Gasteiger partial charge on any atom is 0.258 e. The number of amides is 1. The Kier molecular flexibility index (Phi) is 5.74. The van der Waals surface area contributed by atoms with Crippen molar-refractivity contribution in [1.29, 1.82) is 0 Å². The molecule has 1 aromatic carbocycles. The standard InChI is InChI=1S/C24H27ClFN5O2/c1-13-5-16-7-17(8-21(13)30(16)2)33-22-6-15(26)3-4-18(22)24(32)31-11-19(20(27)12-31)23-28-9-14(25)10-29-23/h3-4,6,9-10,13,16-17,21H,5,7-8,11-12,27H2,1-2H3/t13-,16?,17?,21?/m0/s1. The first-order valence-electron chi connectivity index (χ1n) is 11.2. The molecular weight excluding hydrogens is 445 g/mol. The number of carbonyl (C=O) groups excluding carboxylic acids is 1. The Labute approximate surface area is 197 Å². The summed E-state index contributed by atoms with van der Waals surface area (Å²) in [7, 11) is 2.17. The van der Waals surface area contributed by atoms with Crippen LogP contribution in [0.1, 0.15) is 42.4 Å². The van der Waals surface area contributed by atoms with Gasteiger partial charge in [-0.2, -0.15) is 0 Å². The van der Waals surface area contributed by atoms with E-state index in [2.05, 4.69) is 28.8 Å². The van der Waals surface area contributed by atoms with E-state index in [-0.39, 0.29) is 30.9 Å². The van der Waals surface area contributed by atoms with Crippen LogP contribution in [0, 0.1) is 11.7 Å². The first-order chi connectivity index (χ1) is 15.8. The van der Waals surface area contributed by atoms with E-state index in [1.165, 1.54) is 30.6 Å². The molecule has 0 radical (unpaired) electrons. The lowest BCUT2D eigenvalue weighted by molar-refractivity contribution is 0.0584. The zero-order chi connectivity index (χ0) is 23.3. The number of hydrogen-bond donors (Lipinski definition) is 1. The molecule has 3 unspecified atom stereocenters. The number of carbonyl (C=O) groups is 1. The molecule has 2 N–H and O–H groups in total. The second-order valence-corrected chi connectivity index (χ2v) is 9.78. The highest BCUT2D eigenvalue weighted by molar-refractivity contribution is 6.30. The largest absolute Gasteiger partial charge is 0.489 e. The van der Waals surface area contributed by atoms with Gasteiger partial charge in [0.15, 0.2) is 5.82 Å². The van der Waals surface area contributed by atoms with Crippen LogP contribution in [-0.2, 0) is 0 Å². The Morgan fingerprint density at radius 2 is 1.97 bits per heavy atom. The van der Waals surface area contributed by atoms with E-state index in [0.29, 0.717) is 45.7 Å². The van der Waals surface area contributed by atoms with Crippen molar-refractivity contribution in [3.63, 3.8) is 0 Å². The molecule has 9 heteroatoms. The molecular formula is C24H27ClFN5O2. The molecule has 2 aromatic rings. The molecule has 4 atom stereocenters. The molecule has 4 heterocycles. The van der Waals surface area contributed by atoms with Gasteiger partial charge in [-0.25, -0.2) is 14.4 Å². The number of nitrogens with two attached hydrogens (primary N) is 1. The van der Waals surface area contributed by atoms with Crippen LogP contribution in [0.5, 0.6) is 5.75 Å². The van der Waals surface area contributed by atoms with Gasteiger partial charge in [0.05, 0.1) is 23.7 Å². The highest BCUT2D eigenvalue weighted by Crippen LogP contribution is 2.40. The summed E-state index contributed by atoms with van der Waals surface area (Å²) in [5.74, 6) is 0.644. The summed E-state index contributed by atoms with van der Waals surface area (Å²) < 4.78 is 20.4. The Hall–Kier alpha value is -2.71. The average Bonchev–Trinajstić information content (AvgIpc) is 3.22. The lowest BCUT2D eigenvalue weighted by atomic mass is 9.97. The van der Waals surface area contributed by atoms with Gasteiger partial charge >= 0.3 is 0 Å². The van der Waals surface area contributed by atoms with Crippen molar-refractivity contribution >= 4 is 23.1 Å². The van der Waals surface area contributed by atoms with Crippen molar-refractivity contribution in [2.75, 3.05) is 20.1 Å². The number of rotatable bonds is 4. The van der Waals surface area contributed by atoms with E-state index in [1.54, 1.807) is 4.90 Å². The summed E-state index contributed by atoms with van der Waals surface area (Å²) in [4.78, 5) is 25.9. The highest BCUT2D eigenvalue weighted by Gasteiger charge is 2.44. The lowest BCUT2D eigenvalue weighted by Crippen LogP contribution is -2.45. The van der Waals surface area contributed by atoms with Crippen molar-refractivity contribution < 1.29 is 13.9 Å². The molecule has 174 valence electrons. The Bertz CT molecular complexity index is 1110. The fourth-order valence-corrected chi connectivity index (χ4v) is 5.54. The number of hydrogen-bond acceptors (Lipinski definition) is 6. The van der Waals surface area contributed by atoms with Crippen LogP contribution in [0.15, 0.2) is 36.3 Å². The molecule has 1 amide bonds. The van der Waals surface area contributed by atoms with Crippen molar-refractivity contribution in [3.8, 4) is 5.75 Å². The predicted molar refractivity (Wildman–Crippen MR) is 123 cm³/mol. The van der Waals surface area contributed by atoms with Gasteiger partial charge in [0, 0.05) is 48.2 Å². The molecule has 5 rings (SSSR count). The second-order valence-electron chi connectivity index (χ2n) is 9.34. The summed E-state index contributed by atoms with van der Waals surface area (Å²) in [5, 5.41) is 0.425. The minimum absolute atomic E-state index is 0.0469. The molecule has 33 heavy (non-hydrogen) atoms. The molecule has 2 fully saturated rings. The smallest absolute Gasteiger partial charge is 0.258 e. The summed E-state index contributed by atoms with van der Waals surface area (Å²) in [6.45, 7) is 2.78. The Morgan fingerprint density at radius 1 is 1.21 bits per heavy atom. The molecule has 3 aliphatic rings. The summed E-state index contributed by atoms with van der Waals surface area (Å²) >= 11 is 5.88. The average molecular weight is 472 g/mol. The van der Waals surface area contributed by atoms with Gasteiger partial charge in [0.25, 0.3) is 5.91 Å². The van der Waals surface area contributed by atoms with Gasteiger partial charge < -0.3 is 15.4 Å². The number of benzene rings is 1. The highest BCUT2D eigenvalue weighted by atomic mass is 35.5. The molecule has 2 saturated heterocycles. The van der Waals surface area contributed by atoms with E-state index in [0.717, 1.165) is 19.3 Å². The summed E-state index contributed by atoms with van der Waals surface area (Å²) in [5.41, 5.74) is 7.75. The van der Waals surface area contributed by atoms with E-state index >= 15 is 0 Å². The van der Waals surface area contributed by atoms with Gasteiger partial charge in [0.1, 0.15) is 17.7 Å². The third-order valence-electron chi connectivity index (χ3n) is 7.18. The van der Waals surface area contributed by atoms with Crippen LogP contribution < -0.4 is 10.5 Å². The maximum absolute atomic E-state index is 14.1. The van der Waals surface area contributed by atoms with E-state index in [4.69, 9.17) is 22.1 Å². The van der Waals surface area contributed by atoms with E-state index in [9.17, 15) is 9.18 Å². The fourth-order valence-electron chi connectivity index (χ4n) is 5.45. The number of halogens is 2. The molecule has 0 spiro atoms. The number of aromatic nitrogens is 2. The van der Waals surface area contributed by atoms with Crippen LogP contribution in [0.25, 0.3) is 5.57 Å². The van der Waals surface area contributed by atoms with Gasteiger partial charge in [0.2, 0.25) is 0 Å². The van der Waals surface area contributed by atoms with Crippen LogP contribution in [0.3, 0.4) is 0 Å². The summed E-state index contributed by atoms with van der Waals surface area (Å²) in [6, 6.07) is 5.00. The van der Waals surface area contributed by atoms with Crippen LogP contribution in [-0.4, -0.2) is 64.0 Å². The molecule has 1 aromatic heterocycles. The lowest BCUT2D eigenvalue weighted by Gasteiger charge is -2.37. The first-order valence-corrected chi connectivity index (χ1v) is 11.6. The molecule has 7 nitrogen and oxygen atoms in total.